The number of nitrogens with one attached hydrogen (secondary N) is 1. The van der Waals surface area contributed by atoms with Gasteiger partial charge in [-0.05, 0) is 31.0 Å². The first-order chi connectivity index (χ1) is 7.31. The monoisotopic (exact) mass is 206 g/mol. The van der Waals surface area contributed by atoms with E-state index in [1.165, 1.54) is 37.1 Å². The molecule has 0 aliphatic carbocycles. The zero-order valence-corrected chi connectivity index (χ0v) is 10.1. The van der Waals surface area contributed by atoms with E-state index in [2.05, 4.69) is 42.9 Å². The van der Waals surface area contributed by atoms with E-state index < -0.39 is 0 Å². The first kappa shape index (κ1) is 10.7. The molecular weight excluding hydrogens is 184 g/mol. The Labute approximate surface area is 92.7 Å². The van der Waals surface area contributed by atoms with Crippen molar-refractivity contribution in [3.63, 3.8) is 0 Å². The predicted octanol–water partition coefficient (Wildman–Crippen LogP) is 3.12. The Morgan fingerprint density at radius 1 is 1.33 bits per heavy atom. The van der Waals surface area contributed by atoms with Crippen LogP contribution in [0.5, 0.6) is 0 Å². The van der Waals surface area contributed by atoms with Gasteiger partial charge in [-0.15, -0.1) is 0 Å². The molecule has 0 fully saturated rings. The molecule has 2 unspecified atom stereocenters. The van der Waals surface area contributed by atoms with Gasteiger partial charge >= 0.3 is 0 Å². The van der Waals surface area contributed by atoms with Gasteiger partial charge in [-0.2, -0.15) is 0 Å². The maximum absolute atomic E-state index is 3.40. The van der Waals surface area contributed by atoms with Crippen LogP contribution < -0.4 is 0 Å². The molecule has 1 aromatic rings. The lowest BCUT2D eigenvalue weighted by molar-refractivity contribution is 0.117. The second-order valence-electron chi connectivity index (χ2n) is 4.43. The summed E-state index contributed by atoms with van der Waals surface area (Å²) in [4.78, 5) is 6.07. The van der Waals surface area contributed by atoms with E-state index in [1.54, 1.807) is 0 Å². The summed E-state index contributed by atoms with van der Waals surface area (Å²) in [6, 6.07) is 3.62. The molecule has 0 saturated carbocycles. The normalized spacial score (nSPS) is 26.6. The topological polar surface area (TPSA) is 19.0 Å². The van der Waals surface area contributed by atoms with Crippen LogP contribution in [-0.4, -0.2) is 22.5 Å². The van der Waals surface area contributed by atoms with Crippen LogP contribution >= 0.6 is 0 Å². The second kappa shape index (κ2) is 4.40. The third kappa shape index (κ3) is 1.71. The minimum Gasteiger partial charge on any atom is -0.365 e. The quantitative estimate of drug-likeness (QED) is 0.805. The van der Waals surface area contributed by atoms with Gasteiger partial charge in [-0.25, -0.2) is 0 Å². The van der Waals surface area contributed by atoms with Crippen molar-refractivity contribution in [1.82, 2.24) is 9.88 Å². The molecule has 2 nitrogen and oxygen atoms in total. The van der Waals surface area contributed by atoms with E-state index in [0.29, 0.717) is 6.04 Å². The molecular formula is C13H22N2. The Balaban J connectivity index is 2.33. The molecule has 1 N–H and O–H groups in total. The highest BCUT2D eigenvalue weighted by molar-refractivity contribution is 5.28. The van der Waals surface area contributed by atoms with Crippen LogP contribution in [0.15, 0.2) is 12.3 Å². The Bertz CT molecular complexity index is 316. The second-order valence-corrected chi connectivity index (χ2v) is 4.43. The fourth-order valence-electron chi connectivity index (χ4n) is 3.00. The van der Waals surface area contributed by atoms with E-state index >= 15 is 0 Å². The number of hydrogen-bond donors (Lipinski definition) is 1. The summed E-state index contributed by atoms with van der Waals surface area (Å²) < 4.78 is 0. The highest BCUT2D eigenvalue weighted by Crippen LogP contribution is 2.35. The van der Waals surface area contributed by atoms with Gasteiger partial charge in [0.25, 0.3) is 0 Å². The molecule has 84 valence electrons. The summed E-state index contributed by atoms with van der Waals surface area (Å²) in [5.41, 5.74) is 3.00. The number of nitrogens with zero attached hydrogens (tertiary/aromatic N) is 1. The minimum atomic E-state index is 0.634. The van der Waals surface area contributed by atoms with Crippen LogP contribution in [0, 0.1) is 0 Å². The molecule has 0 saturated heterocycles. The summed E-state index contributed by atoms with van der Waals surface area (Å²) in [5.74, 6) is 0. The number of fused-ring (bicyclic) bond motifs is 1. The van der Waals surface area contributed by atoms with Gasteiger partial charge in [0, 0.05) is 30.4 Å². The lowest BCUT2D eigenvalue weighted by Gasteiger charge is -2.41. The number of H-pyrrole nitrogens is 1. The van der Waals surface area contributed by atoms with E-state index in [4.69, 9.17) is 0 Å². The van der Waals surface area contributed by atoms with Gasteiger partial charge in [0.1, 0.15) is 0 Å². The molecule has 1 aliphatic rings. The van der Waals surface area contributed by atoms with Crippen molar-refractivity contribution in [2.24, 2.45) is 0 Å². The molecule has 0 bridgehead atoms. The highest BCUT2D eigenvalue weighted by atomic mass is 15.2. The lowest BCUT2D eigenvalue weighted by atomic mass is 9.91. The lowest BCUT2D eigenvalue weighted by Crippen LogP contribution is -2.42. The first-order valence-corrected chi connectivity index (χ1v) is 6.23. The summed E-state index contributed by atoms with van der Waals surface area (Å²) in [7, 11) is 0. The van der Waals surface area contributed by atoms with E-state index in [-0.39, 0.29) is 0 Å². The van der Waals surface area contributed by atoms with Gasteiger partial charge in [-0.1, -0.05) is 20.8 Å². The number of aromatic nitrogens is 1. The molecule has 0 radical (unpaired) electrons. The summed E-state index contributed by atoms with van der Waals surface area (Å²) in [6.45, 7) is 8.04. The molecule has 15 heavy (non-hydrogen) atoms. The number of rotatable bonds is 3. The van der Waals surface area contributed by atoms with Crippen molar-refractivity contribution >= 4 is 0 Å². The van der Waals surface area contributed by atoms with Crippen molar-refractivity contribution in [1.29, 1.82) is 0 Å². The third-order valence-corrected chi connectivity index (χ3v) is 3.76. The number of likely N-dealkylation sites (N-methyl/N-ethyl adjacent to an activating group) is 1. The van der Waals surface area contributed by atoms with Gasteiger partial charge in [0.2, 0.25) is 0 Å². The molecule has 1 aromatic heterocycles. The molecule has 0 amide bonds. The Morgan fingerprint density at radius 2 is 2.13 bits per heavy atom. The van der Waals surface area contributed by atoms with E-state index in [0.717, 1.165) is 6.04 Å². The van der Waals surface area contributed by atoms with Crippen molar-refractivity contribution < 1.29 is 0 Å². The molecule has 2 rings (SSSR count). The van der Waals surface area contributed by atoms with Crippen LogP contribution in [0.2, 0.25) is 0 Å². The van der Waals surface area contributed by atoms with Crippen LogP contribution in [0.4, 0.5) is 0 Å². The van der Waals surface area contributed by atoms with E-state index in [1.807, 2.05) is 0 Å². The molecule has 1 aliphatic heterocycles. The molecule has 0 aromatic carbocycles. The third-order valence-electron chi connectivity index (χ3n) is 3.76. The van der Waals surface area contributed by atoms with Crippen molar-refractivity contribution in [2.45, 2.75) is 52.1 Å². The summed E-state index contributed by atoms with van der Waals surface area (Å²) in [5, 5.41) is 0. The smallest absolute Gasteiger partial charge is 0.0366 e. The number of hydrogen-bond acceptors (Lipinski definition) is 1. The summed E-state index contributed by atoms with van der Waals surface area (Å²) >= 11 is 0. The standard InChI is InChI=1S/C13H22N2/c1-4-10-9-12-11(7-8-14-12)13(5-2)15(10)6-3/h7-8,10,13-14H,4-6,9H2,1-3H3. The average Bonchev–Trinajstić information content (AvgIpc) is 2.73. The van der Waals surface area contributed by atoms with Gasteiger partial charge in [0.15, 0.2) is 0 Å². The molecule has 2 heterocycles. The van der Waals surface area contributed by atoms with Crippen molar-refractivity contribution in [3.05, 3.63) is 23.5 Å². The largest absolute Gasteiger partial charge is 0.365 e. The maximum Gasteiger partial charge on any atom is 0.0366 e. The van der Waals surface area contributed by atoms with Crippen molar-refractivity contribution in [3.8, 4) is 0 Å². The van der Waals surface area contributed by atoms with Gasteiger partial charge in [0.05, 0.1) is 0 Å². The number of aromatic amines is 1. The maximum atomic E-state index is 3.40. The first-order valence-electron chi connectivity index (χ1n) is 6.23. The zero-order chi connectivity index (χ0) is 10.8. The molecule has 2 heteroatoms. The van der Waals surface area contributed by atoms with Gasteiger partial charge < -0.3 is 4.98 Å². The van der Waals surface area contributed by atoms with Crippen LogP contribution in [0.3, 0.4) is 0 Å². The molecule has 0 spiro atoms. The average molecular weight is 206 g/mol. The fourth-order valence-corrected chi connectivity index (χ4v) is 3.00. The fraction of sp³-hybridized carbons (Fsp3) is 0.692. The van der Waals surface area contributed by atoms with Crippen LogP contribution in [0.1, 0.15) is 50.9 Å². The highest BCUT2D eigenvalue weighted by Gasteiger charge is 2.31. The van der Waals surface area contributed by atoms with Crippen LogP contribution in [0.25, 0.3) is 0 Å². The van der Waals surface area contributed by atoms with Crippen LogP contribution in [-0.2, 0) is 6.42 Å². The van der Waals surface area contributed by atoms with Gasteiger partial charge in [-0.3, -0.25) is 4.90 Å². The Morgan fingerprint density at radius 3 is 2.73 bits per heavy atom. The zero-order valence-electron chi connectivity index (χ0n) is 10.1. The molecule has 2 atom stereocenters. The predicted molar refractivity (Wildman–Crippen MR) is 64.0 cm³/mol. The summed E-state index contributed by atoms with van der Waals surface area (Å²) in [6.07, 6.45) is 5.76. The minimum absolute atomic E-state index is 0.634. The van der Waals surface area contributed by atoms with Crippen molar-refractivity contribution in [2.75, 3.05) is 6.54 Å². The Hall–Kier alpha value is -0.760. The SMILES string of the molecule is CCC1Cc2[nH]ccc2C(CC)N1CC. The van der Waals surface area contributed by atoms with E-state index in [9.17, 15) is 0 Å². The Kier molecular flexibility index (Phi) is 3.15.